The molecule has 0 amide bonds. The number of halogens is 4. The number of hydrogen-bond donors (Lipinski definition) is 2. The first-order chi connectivity index (χ1) is 6.88. The minimum absolute atomic E-state index is 0. The van der Waals surface area contributed by atoms with Crippen LogP contribution in [0.15, 0.2) is 18.3 Å². The summed E-state index contributed by atoms with van der Waals surface area (Å²) in [5, 5.41) is 7.02. The monoisotopic (exact) mass is 255 g/mol. The fourth-order valence-corrected chi connectivity index (χ4v) is 0.813. The number of amidine groups is 1. The van der Waals surface area contributed by atoms with Gasteiger partial charge < -0.3 is 10.5 Å². The van der Waals surface area contributed by atoms with Gasteiger partial charge in [0.15, 0.2) is 6.61 Å². The van der Waals surface area contributed by atoms with Gasteiger partial charge in [0.05, 0.1) is 0 Å². The van der Waals surface area contributed by atoms with Crippen LogP contribution in [0.3, 0.4) is 0 Å². The standard InChI is InChI=1S/C8H8F3N3O.ClH/c9-8(10,11)4-15-5-1-2-14-6(3-5)7(12)13;/h1-3H,4H2,(H3,12,13);1H. The number of nitrogens with two attached hydrogens (primary N) is 1. The zero-order valence-electron chi connectivity index (χ0n) is 7.91. The summed E-state index contributed by atoms with van der Waals surface area (Å²) in [5.74, 6) is -0.347. The lowest BCUT2D eigenvalue weighted by atomic mass is 10.3. The summed E-state index contributed by atoms with van der Waals surface area (Å²) in [6, 6.07) is 2.44. The first-order valence-corrected chi connectivity index (χ1v) is 3.88. The summed E-state index contributed by atoms with van der Waals surface area (Å²) < 4.78 is 39.8. The molecule has 0 aliphatic heterocycles. The Kier molecular flexibility index (Phi) is 5.03. The van der Waals surface area contributed by atoms with Crippen molar-refractivity contribution in [2.24, 2.45) is 5.73 Å². The van der Waals surface area contributed by atoms with Gasteiger partial charge in [-0.05, 0) is 6.07 Å². The van der Waals surface area contributed by atoms with E-state index >= 15 is 0 Å². The van der Waals surface area contributed by atoms with E-state index in [-0.39, 0.29) is 29.7 Å². The van der Waals surface area contributed by atoms with Crippen LogP contribution in [-0.4, -0.2) is 23.6 Å². The Morgan fingerprint density at radius 2 is 2.12 bits per heavy atom. The van der Waals surface area contributed by atoms with E-state index in [0.717, 1.165) is 0 Å². The van der Waals surface area contributed by atoms with Crippen LogP contribution in [0.4, 0.5) is 13.2 Å². The average Bonchev–Trinajstić information content (AvgIpc) is 2.14. The number of pyridine rings is 1. The van der Waals surface area contributed by atoms with E-state index in [2.05, 4.69) is 9.72 Å². The van der Waals surface area contributed by atoms with Gasteiger partial charge in [-0.2, -0.15) is 13.2 Å². The Balaban J connectivity index is 0.00000225. The average molecular weight is 256 g/mol. The van der Waals surface area contributed by atoms with Crippen LogP contribution < -0.4 is 10.5 Å². The molecular formula is C8H9ClF3N3O. The van der Waals surface area contributed by atoms with Crippen LogP contribution in [0.1, 0.15) is 5.69 Å². The third-order valence-electron chi connectivity index (χ3n) is 1.41. The van der Waals surface area contributed by atoms with E-state index in [4.69, 9.17) is 11.1 Å². The van der Waals surface area contributed by atoms with Crippen molar-refractivity contribution in [2.75, 3.05) is 6.61 Å². The van der Waals surface area contributed by atoms with Gasteiger partial charge in [0, 0.05) is 12.3 Å². The third-order valence-corrected chi connectivity index (χ3v) is 1.41. The molecule has 0 unspecified atom stereocenters. The number of nitrogens with one attached hydrogen (secondary N) is 1. The largest absolute Gasteiger partial charge is 0.484 e. The second-order valence-electron chi connectivity index (χ2n) is 2.69. The van der Waals surface area contributed by atoms with E-state index in [0.29, 0.717) is 0 Å². The van der Waals surface area contributed by atoms with Crippen molar-refractivity contribution in [1.29, 1.82) is 5.41 Å². The summed E-state index contributed by atoms with van der Waals surface area (Å²) in [5.41, 5.74) is 5.19. The number of alkyl halides is 3. The van der Waals surface area contributed by atoms with Crippen LogP contribution in [0.5, 0.6) is 5.75 Å². The highest BCUT2D eigenvalue weighted by Crippen LogP contribution is 2.18. The molecule has 1 rings (SSSR count). The maximum Gasteiger partial charge on any atom is 0.422 e. The number of rotatable bonds is 3. The van der Waals surface area contributed by atoms with Crippen LogP contribution in [0.25, 0.3) is 0 Å². The molecule has 1 aromatic heterocycles. The zero-order chi connectivity index (χ0) is 11.5. The highest BCUT2D eigenvalue weighted by molar-refractivity contribution is 5.93. The topological polar surface area (TPSA) is 72.0 Å². The molecule has 0 aliphatic rings. The molecule has 0 radical (unpaired) electrons. The van der Waals surface area contributed by atoms with Crippen LogP contribution in [0, 0.1) is 5.41 Å². The van der Waals surface area contributed by atoms with E-state index in [1.165, 1.54) is 18.3 Å². The van der Waals surface area contributed by atoms with Gasteiger partial charge in [-0.15, -0.1) is 12.4 Å². The predicted molar refractivity (Wildman–Crippen MR) is 54.1 cm³/mol. The van der Waals surface area contributed by atoms with Crippen molar-refractivity contribution in [3.05, 3.63) is 24.0 Å². The second-order valence-corrected chi connectivity index (χ2v) is 2.69. The molecule has 0 saturated heterocycles. The van der Waals surface area contributed by atoms with Crippen molar-refractivity contribution < 1.29 is 17.9 Å². The molecule has 3 N–H and O–H groups in total. The number of nitrogen functional groups attached to an aromatic ring is 1. The zero-order valence-corrected chi connectivity index (χ0v) is 8.73. The van der Waals surface area contributed by atoms with Gasteiger partial charge in [-0.25, -0.2) is 0 Å². The minimum Gasteiger partial charge on any atom is -0.484 e. The van der Waals surface area contributed by atoms with E-state index in [9.17, 15) is 13.2 Å². The Morgan fingerprint density at radius 1 is 1.50 bits per heavy atom. The molecule has 8 heteroatoms. The molecule has 0 saturated carbocycles. The summed E-state index contributed by atoms with van der Waals surface area (Å²) >= 11 is 0. The predicted octanol–water partition coefficient (Wildman–Crippen LogP) is 1.73. The van der Waals surface area contributed by atoms with Crippen LogP contribution in [0.2, 0.25) is 0 Å². The normalized spacial score (nSPS) is 10.4. The van der Waals surface area contributed by atoms with E-state index in [1.807, 2.05) is 0 Å². The molecule has 4 nitrogen and oxygen atoms in total. The summed E-state index contributed by atoms with van der Waals surface area (Å²) in [4.78, 5) is 3.67. The molecule has 0 aliphatic carbocycles. The fraction of sp³-hybridized carbons (Fsp3) is 0.250. The minimum atomic E-state index is -4.39. The van der Waals surface area contributed by atoms with Gasteiger partial charge in [-0.3, -0.25) is 10.4 Å². The summed E-state index contributed by atoms with van der Waals surface area (Å²) in [6.07, 6.45) is -3.16. The highest BCUT2D eigenvalue weighted by atomic mass is 35.5. The molecule has 1 aromatic rings. The Hall–Kier alpha value is -1.50. The molecule has 0 fully saturated rings. The number of ether oxygens (including phenoxy) is 1. The number of hydrogen-bond acceptors (Lipinski definition) is 3. The molecule has 0 bridgehead atoms. The van der Waals surface area contributed by atoms with Gasteiger partial charge in [0.2, 0.25) is 0 Å². The maximum atomic E-state index is 11.8. The summed E-state index contributed by atoms with van der Waals surface area (Å²) in [7, 11) is 0. The lowest BCUT2D eigenvalue weighted by Gasteiger charge is -2.09. The first kappa shape index (κ1) is 14.5. The van der Waals surface area contributed by atoms with Crippen molar-refractivity contribution in [1.82, 2.24) is 4.98 Å². The summed E-state index contributed by atoms with van der Waals surface area (Å²) in [6.45, 7) is -1.38. The fourth-order valence-electron chi connectivity index (χ4n) is 0.813. The third kappa shape index (κ3) is 4.83. The van der Waals surface area contributed by atoms with E-state index in [1.54, 1.807) is 0 Å². The molecule has 16 heavy (non-hydrogen) atoms. The first-order valence-electron chi connectivity index (χ1n) is 3.88. The molecule has 90 valence electrons. The smallest absolute Gasteiger partial charge is 0.422 e. The van der Waals surface area contributed by atoms with Gasteiger partial charge in [0.1, 0.15) is 17.3 Å². The number of nitrogens with zero attached hydrogens (tertiary/aromatic N) is 1. The molecule has 1 heterocycles. The van der Waals surface area contributed by atoms with Crippen LogP contribution in [-0.2, 0) is 0 Å². The van der Waals surface area contributed by atoms with Crippen LogP contribution >= 0.6 is 12.4 Å². The molecular weight excluding hydrogens is 247 g/mol. The van der Waals surface area contributed by atoms with Gasteiger partial charge in [-0.1, -0.05) is 0 Å². The Labute approximate surface area is 95.5 Å². The number of aromatic nitrogens is 1. The quantitative estimate of drug-likeness (QED) is 0.638. The van der Waals surface area contributed by atoms with E-state index < -0.39 is 12.8 Å². The lowest BCUT2D eigenvalue weighted by Crippen LogP contribution is -2.19. The lowest BCUT2D eigenvalue weighted by molar-refractivity contribution is -0.153. The second kappa shape index (κ2) is 5.55. The molecule has 0 atom stereocenters. The van der Waals surface area contributed by atoms with Crippen molar-refractivity contribution in [3.63, 3.8) is 0 Å². The van der Waals surface area contributed by atoms with Gasteiger partial charge in [0.25, 0.3) is 0 Å². The van der Waals surface area contributed by atoms with Gasteiger partial charge >= 0.3 is 6.18 Å². The SMILES string of the molecule is Cl.N=C(N)c1cc(OCC(F)(F)F)ccn1. The highest BCUT2D eigenvalue weighted by Gasteiger charge is 2.28. The Morgan fingerprint density at radius 3 is 2.62 bits per heavy atom. The Bertz CT molecular complexity index is 370. The maximum absolute atomic E-state index is 11.8. The van der Waals surface area contributed by atoms with Crippen molar-refractivity contribution >= 4 is 18.2 Å². The van der Waals surface area contributed by atoms with Crippen molar-refractivity contribution in [3.8, 4) is 5.75 Å². The molecule has 0 aromatic carbocycles. The molecule has 0 spiro atoms. The van der Waals surface area contributed by atoms with Crippen molar-refractivity contribution in [2.45, 2.75) is 6.18 Å².